The molecule has 7 heteroatoms. The molecular weight excluding hydrogens is 346 g/mol. The summed E-state index contributed by atoms with van der Waals surface area (Å²) in [5.74, 6) is 0.409. The second kappa shape index (κ2) is 9.14. The smallest absolute Gasteiger partial charge is 0.270 e. The highest BCUT2D eigenvalue weighted by Crippen LogP contribution is 2.16. The number of hydrazone groups is 1. The fourth-order valence-corrected chi connectivity index (χ4v) is 2.86. The summed E-state index contributed by atoms with van der Waals surface area (Å²) in [6, 6.07) is 13.2. The van der Waals surface area contributed by atoms with E-state index in [2.05, 4.69) is 5.10 Å². The van der Waals surface area contributed by atoms with Gasteiger partial charge in [0.25, 0.3) is 5.91 Å². The van der Waals surface area contributed by atoms with E-state index >= 15 is 0 Å². The van der Waals surface area contributed by atoms with E-state index in [4.69, 9.17) is 9.15 Å². The number of carbonyl (C=O) groups excluding carboxylic acids is 2. The maximum Gasteiger partial charge on any atom is 0.270 e. The third-order valence-corrected chi connectivity index (χ3v) is 4.31. The van der Waals surface area contributed by atoms with Crippen molar-refractivity contribution < 1.29 is 18.7 Å². The molecule has 2 amide bonds. The third kappa shape index (κ3) is 5.04. The number of furan rings is 1. The number of hydrogen-bond donors (Lipinski definition) is 0. The number of methoxy groups -OCH3 is 1. The molecule has 1 aliphatic heterocycles. The second-order valence-corrected chi connectivity index (χ2v) is 6.28. The van der Waals surface area contributed by atoms with Crippen LogP contribution in [-0.4, -0.2) is 47.7 Å². The average Bonchev–Trinajstić information content (AvgIpc) is 3.20. The van der Waals surface area contributed by atoms with Gasteiger partial charge >= 0.3 is 0 Å². The Bertz CT molecular complexity index is 787. The predicted molar refractivity (Wildman–Crippen MR) is 99.7 cm³/mol. The molecule has 1 aliphatic rings. The van der Waals surface area contributed by atoms with E-state index in [1.807, 2.05) is 36.4 Å². The van der Waals surface area contributed by atoms with Crippen molar-refractivity contribution in [3.63, 3.8) is 0 Å². The number of nitrogens with zero attached hydrogens (tertiary/aromatic N) is 3. The van der Waals surface area contributed by atoms with Gasteiger partial charge in [0.2, 0.25) is 5.91 Å². The average molecular weight is 369 g/mol. The maximum absolute atomic E-state index is 13.0. The summed E-state index contributed by atoms with van der Waals surface area (Å²) in [7, 11) is 1.59. The van der Waals surface area contributed by atoms with Crippen LogP contribution in [-0.2, 0) is 27.4 Å². The van der Waals surface area contributed by atoms with Crippen molar-refractivity contribution in [3.8, 4) is 0 Å². The molecule has 2 heterocycles. The Kier molecular flexibility index (Phi) is 6.38. The van der Waals surface area contributed by atoms with Gasteiger partial charge in [0.1, 0.15) is 11.5 Å². The van der Waals surface area contributed by atoms with Gasteiger partial charge in [-0.1, -0.05) is 30.3 Å². The van der Waals surface area contributed by atoms with Crippen molar-refractivity contribution in [1.82, 2.24) is 9.91 Å². The molecule has 0 saturated heterocycles. The van der Waals surface area contributed by atoms with Crippen molar-refractivity contribution in [1.29, 1.82) is 0 Å². The van der Waals surface area contributed by atoms with Gasteiger partial charge in [-0.2, -0.15) is 5.10 Å². The Hall–Kier alpha value is -2.93. The Morgan fingerprint density at radius 2 is 2.04 bits per heavy atom. The van der Waals surface area contributed by atoms with Crippen LogP contribution in [0.4, 0.5) is 0 Å². The highest BCUT2D eigenvalue weighted by atomic mass is 16.5. The van der Waals surface area contributed by atoms with Crippen LogP contribution in [0.1, 0.15) is 24.2 Å². The van der Waals surface area contributed by atoms with Gasteiger partial charge in [0, 0.05) is 26.5 Å². The second-order valence-electron chi connectivity index (χ2n) is 6.28. The van der Waals surface area contributed by atoms with Crippen LogP contribution in [0.5, 0.6) is 0 Å². The fraction of sp³-hybridized carbons (Fsp3) is 0.350. The van der Waals surface area contributed by atoms with E-state index in [0.29, 0.717) is 44.1 Å². The molecule has 0 aliphatic carbocycles. The monoisotopic (exact) mass is 369 g/mol. The maximum atomic E-state index is 13.0. The van der Waals surface area contributed by atoms with Gasteiger partial charge in [-0.3, -0.25) is 9.59 Å². The molecule has 0 saturated carbocycles. The van der Waals surface area contributed by atoms with Crippen LogP contribution in [0.15, 0.2) is 58.2 Å². The normalized spacial score (nSPS) is 14.2. The number of benzene rings is 1. The summed E-state index contributed by atoms with van der Waals surface area (Å²) in [6.07, 6.45) is 2.19. The molecular formula is C20H23N3O4. The molecule has 142 valence electrons. The quantitative estimate of drug-likeness (QED) is 0.716. The molecule has 0 unspecified atom stereocenters. The molecule has 27 heavy (non-hydrogen) atoms. The van der Waals surface area contributed by atoms with Gasteiger partial charge in [-0.15, -0.1) is 0 Å². The molecule has 0 spiro atoms. The lowest BCUT2D eigenvalue weighted by molar-refractivity contribution is -0.132. The zero-order valence-electron chi connectivity index (χ0n) is 15.3. The van der Waals surface area contributed by atoms with Crippen molar-refractivity contribution in [2.45, 2.75) is 25.9 Å². The van der Waals surface area contributed by atoms with E-state index in [-0.39, 0.29) is 18.2 Å². The molecule has 1 aromatic carbocycles. The van der Waals surface area contributed by atoms with Crippen LogP contribution in [0.2, 0.25) is 0 Å². The minimum atomic E-state index is -0.200. The van der Waals surface area contributed by atoms with Gasteiger partial charge in [0.15, 0.2) is 0 Å². The van der Waals surface area contributed by atoms with Gasteiger partial charge < -0.3 is 14.1 Å². The largest absolute Gasteiger partial charge is 0.467 e. The summed E-state index contributed by atoms with van der Waals surface area (Å²) in [6.45, 7) is 1.52. The summed E-state index contributed by atoms with van der Waals surface area (Å²) in [5, 5.41) is 5.74. The molecule has 2 aromatic rings. The predicted octanol–water partition coefficient (Wildman–Crippen LogP) is 2.43. The molecule has 0 N–H and O–H groups in total. The summed E-state index contributed by atoms with van der Waals surface area (Å²) in [5.41, 5.74) is 1.35. The zero-order valence-corrected chi connectivity index (χ0v) is 15.3. The topological polar surface area (TPSA) is 75.3 Å². The van der Waals surface area contributed by atoms with E-state index in [9.17, 15) is 9.59 Å². The van der Waals surface area contributed by atoms with Crippen molar-refractivity contribution in [2.24, 2.45) is 5.10 Å². The first-order valence-corrected chi connectivity index (χ1v) is 8.89. The van der Waals surface area contributed by atoms with E-state index < -0.39 is 0 Å². The van der Waals surface area contributed by atoms with E-state index in [1.54, 1.807) is 24.3 Å². The van der Waals surface area contributed by atoms with Crippen molar-refractivity contribution >= 4 is 17.5 Å². The minimum Gasteiger partial charge on any atom is -0.467 e. The molecule has 1 aromatic heterocycles. The number of carbonyl (C=O) groups is 2. The SMILES string of the molecule is COCCN(Cc1ccco1)C(=O)C1=NN(Cc2ccccc2)C(=O)CC1. The Labute approximate surface area is 158 Å². The lowest BCUT2D eigenvalue weighted by atomic mass is 10.1. The number of amides is 2. The highest BCUT2D eigenvalue weighted by molar-refractivity contribution is 6.39. The number of rotatable bonds is 8. The Morgan fingerprint density at radius 1 is 1.22 bits per heavy atom. The third-order valence-electron chi connectivity index (χ3n) is 4.31. The van der Waals surface area contributed by atoms with Crippen LogP contribution < -0.4 is 0 Å². The number of ether oxygens (including phenoxy) is 1. The first-order chi connectivity index (χ1) is 13.2. The molecule has 0 bridgehead atoms. The fourth-order valence-electron chi connectivity index (χ4n) is 2.86. The van der Waals surface area contributed by atoms with E-state index in [0.717, 1.165) is 5.56 Å². The lowest BCUT2D eigenvalue weighted by Crippen LogP contribution is -2.42. The first kappa shape index (κ1) is 18.8. The number of hydrogen-bond acceptors (Lipinski definition) is 5. The van der Waals surface area contributed by atoms with Crippen molar-refractivity contribution in [3.05, 3.63) is 60.1 Å². The summed E-state index contributed by atoms with van der Waals surface area (Å²) >= 11 is 0. The zero-order chi connectivity index (χ0) is 19.1. The Morgan fingerprint density at radius 3 is 2.74 bits per heavy atom. The van der Waals surface area contributed by atoms with Crippen LogP contribution in [0.3, 0.4) is 0 Å². The molecule has 0 radical (unpaired) electrons. The first-order valence-electron chi connectivity index (χ1n) is 8.89. The van der Waals surface area contributed by atoms with Gasteiger partial charge in [0.05, 0.1) is 26.0 Å². The summed E-state index contributed by atoms with van der Waals surface area (Å²) < 4.78 is 10.5. The standard InChI is InChI=1S/C20H23N3O4/c1-26-13-11-22(15-17-8-5-12-27-17)20(25)18-9-10-19(24)23(21-18)14-16-6-3-2-4-7-16/h2-8,12H,9-11,13-15H2,1H3. The van der Waals surface area contributed by atoms with Crippen LogP contribution >= 0.6 is 0 Å². The van der Waals surface area contributed by atoms with Gasteiger partial charge in [-0.25, -0.2) is 5.01 Å². The van der Waals surface area contributed by atoms with Gasteiger partial charge in [-0.05, 0) is 17.7 Å². The summed E-state index contributed by atoms with van der Waals surface area (Å²) in [4.78, 5) is 26.9. The van der Waals surface area contributed by atoms with Crippen LogP contribution in [0, 0.1) is 0 Å². The van der Waals surface area contributed by atoms with Crippen LogP contribution in [0.25, 0.3) is 0 Å². The molecule has 3 rings (SSSR count). The molecule has 0 atom stereocenters. The Balaban J connectivity index is 1.75. The minimum absolute atomic E-state index is 0.0788. The highest BCUT2D eigenvalue weighted by Gasteiger charge is 2.28. The van der Waals surface area contributed by atoms with E-state index in [1.165, 1.54) is 5.01 Å². The van der Waals surface area contributed by atoms with Crippen molar-refractivity contribution in [2.75, 3.05) is 20.3 Å². The molecule has 0 fully saturated rings. The lowest BCUT2D eigenvalue weighted by Gasteiger charge is -2.27. The molecule has 7 nitrogen and oxygen atoms in total.